The normalized spacial score (nSPS) is 10.7. The van der Waals surface area contributed by atoms with Gasteiger partial charge in [0.25, 0.3) is 0 Å². The smallest absolute Gasteiger partial charge is 0.225 e. The Balaban J connectivity index is 2.20. The monoisotopic (exact) mass is 265 g/mol. The summed E-state index contributed by atoms with van der Waals surface area (Å²) in [7, 11) is 0. The van der Waals surface area contributed by atoms with Crippen LogP contribution in [0.15, 0.2) is 54.7 Å². The fourth-order valence-electron chi connectivity index (χ4n) is 2.13. The van der Waals surface area contributed by atoms with E-state index in [4.69, 9.17) is 0 Å². The van der Waals surface area contributed by atoms with Crippen LogP contribution < -0.4 is 5.32 Å². The second-order valence-corrected chi connectivity index (χ2v) is 4.51. The Morgan fingerprint density at radius 3 is 2.65 bits per heavy atom. The third kappa shape index (κ3) is 2.16. The van der Waals surface area contributed by atoms with Gasteiger partial charge in [0.1, 0.15) is 17.2 Å². The number of amides is 1. The van der Waals surface area contributed by atoms with Gasteiger partial charge in [-0.3, -0.25) is 9.20 Å². The van der Waals surface area contributed by atoms with E-state index in [0.717, 1.165) is 22.7 Å². The lowest BCUT2D eigenvalue weighted by Crippen LogP contribution is -2.12. The minimum atomic E-state index is -0.0205. The summed E-state index contributed by atoms with van der Waals surface area (Å²) >= 11 is 0. The molecule has 0 fully saturated rings. The first kappa shape index (κ1) is 12.4. The van der Waals surface area contributed by atoms with E-state index in [-0.39, 0.29) is 5.91 Å². The summed E-state index contributed by atoms with van der Waals surface area (Å²) in [6, 6.07) is 15.6. The average molecular weight is 265 g/mol. The number of carbonyl (C=O) groups is 1. The number of anilines is 1. The number of hydrogen-bond acceptors (Lipinski definition) is 2. The summed E-state index contributed by atoms with van der Waals surface area (Å²) in [5.74, 6) is 0.700. The lowest BCUT2D eigenvalue weighted by atomic mass is 10.1. The van der Waals surface area contributed by atoms with Crippen molar-refractivity contribution in [2.75, 3.05) is 5.32 Å². The standard InChI is InChI=1S/C16H15N3O/c1-2-14(20)18-16-15(12-8-4-3-5-9-12)17-13-10-6-7-11-19(13)16/h3-11H,2H2,1H3,(H,18,20). The SMILES string of the molecule is CCC(=O)Nc1c(-c2ccccc2)nc2ccccn12. The molecule has 0 aliphatic heterocycles. The van der Waals surface area contributed by atoms with Gasteiger partial charge in [0.15, 0.2) is 0 Å². The first-order valence-electron chi connectivity index (χ1n) is 6.62. The summed E-state index contributed by atoms with van der Waals surface area (Å²) in [5, 5.41) is 2.94. The summed E-state index contributed by atoms with van der Waals surface area (Å²) < 4.78 is 1.90. The van der Waals surface area contributed by atoms with E-state index >= 15 is 0 Å². The van der Waals surface area contributed by atoms with Crippen molar-refractivity contribution < 1.29 is 4.79 Å². The topological polar surface area (TPSA) is 46.4 Å². The number of hydrogen-bond donors (Lipinski definition) is 1. The van der Waals surface area contributed by atoms with Crippen LogP contribution in [0.5, 0.6) is 0 Å². The predicted molar refractivity (Wildman–Crippen MR) is 79.5 cm³/mol. The van der Waals surface area contributed by atoms with Crippen molar-refractivity contribution in [2.45, 2.75) is 13.3 Å². The van der Waals surface area contributed by atoms with Crippen molar-refractivity contribution in [3.8, 4) is 11.3 Å². The van der Waals surface area contributed by atoms with E-state index in [1.54, 1.807) is 0 Å². The van der Waals surface area contributed by atoms with Gasteiger partial charge in [-0.05, 0) is 12.1 Å². The van der Waals surface area contributed by atoms with Crippen LogP contribution in [0.3, 0.4) is 0 Å². The molecule has 0 atom stereocenters. The van der Waals surface area contributed by atoms with E-state index in [1.807, 2.05) is 66.1 Å². The molecule has 1 amide bonds. The lowest BCUT2D eigenvalue weighted by Gasteiger charge is -2.06. The third-order valence-electron chi connectivity index (χ3n) is 3.16. The number of carbonyl (C=O) groups excluding carboxylic acids is 1. The second-order valence-electron chi connectivity index (χ2n) is 4.51. The van der Waals surface area contributed by atoms with Crippen molar-refractivity contribution in [3.63, 3.8) is 0 Å². The minimum absolute atomic E-state index is 0.0205. The highest BCUT2D eigenvalue weighted by Crippen LogP contribution is 2.28. The Hall–Kier alpha value is -2.62. The van der Waals surface area contributed by atoms with Crippen molar-refractivity contribution in [1.82, 2.24) is 9.38 Å². The van der Waals surface area contributed by atoms with Gasteiger partial charge in [0.2, 0.25) is 5.91 Å². The molecule has 0 saturated heterocycles. The van der Waals surface area contributed by atoms with Crippen molar-refractivity contribution >= 4 is 17.4 Å². The van der Waals surface area contributed by atoms with Crippen LogP contribution in [0.1, 0.15) is 13.3 Å². The molecule has 0 bridgehead atoms. The van der Waals surface area contributed by atoms with Crippen LogP contribution in [0.25, 0.3) is 16.9 Å². The molecule has 0 radical (unpaired) electrons. The zero-order valence-corrected chi connectivity index (χ0v) is 11.2. The highest BCUT2D eigenvalue weighted by molar-refractivity contribution is 5.94. The zero-order chi connectivity index (χ0) is 13.9. The predicted octanol–water partition coefficient (Wildman–Crippen LogP) is 3.35. The molecule has 0 saturated carbocycles. The molecule has 4 heteroatoms. The van der Waals surface area contributed by atoms with Gasteiger partial charge in [-0.25, -0.2) is 4.98 Å². The maximum atomic E-state index is 11.8. The molecule has 2 heterocycles. The maximum absolute atomic E-state index is 11.8. The first-order chi connectivity index (χ1) is 9.79. The summed E-state index contributed by atoms with van der Waals surface area (Å²) in [5.41, 5.74) is 2.60. The lowest BCUT2D eigenvalue weighted by molar-refractivity contribution is -0.115. The van der Waals surface area contributed by atoms with Gasteiger partial charge in [-0.2, -0.15) is 0 Å². The van der Waals surface area contributed by atoms with Crippen LogP contribution in [-0.4, -0.2) is 15.3 Å². The Morgan fingerprint density at radius 2 is 1.90 bits per heavy atom. The van der Waals surface area contributed by atoms with Gasteiger partial charge in [0.05, 0.1) is 0 Å². The Morgan fingerprint density at radius 1 is 1.15 bits per heavy atom. The fourth-order valence-corrected chi connectivity index (χ4v) is 2.13. The van der Waals surface area contributed by atoms with Gasteiger partial charge >= 0.3 is 0 Å². The van der Waals surface area contributed by atoms with E-state index in [1.165, 1.54) is 0 Å². The molecule has 20 heavy (non-hydrogen) atoms. The second kappa shape index (κ2) is 5.17. The molecule has 0 aliphatic carbocycles. The van der Waals surface area contributed by atoms with E-state index in [0.29, 0.717) is 6.42 Å². The maximum Gasteiger partial charge on any atom is 0.225 e. The number of pyridine rings is 1. The number of imidazole rings is 1. The molecular formula is C16H15N3O. The molecule has 2 aromatic heterocycles. The molecule has 1 aromatic carbocycles. The average Bonchev–Trinajstić information content (AvgIpc) is 2.87. The fraction of sp³-hybridized carbons (Fsp3) is 0.125. The Labute approximate surface area is 117 Å². The highest BCUT2D eigenvalue weighted by Gasteiger charge is 2.15. The number of aromatic nitrogens is 2. The molecule has 3 aromatic rings. The molecule has 0 unspecified atom stereocenters. The van der Waals surface area contributed by atoms with E-state index in [2.05, 4.69) is 10.3 Å². The van der Waals surface area contributed by atoms with E-state index < -0.39 is 0 Å². The van der Waals surface area contributed by atoms with E-state index in [9.17, 15) is 4.79 Å². The van der Waals surface area contributed by atoms with Gasteiger partial charge < -0.3 is 5.32 Å². The Bertz CT molecular complexity index is 747. The molecule has 4 nitrogen and oxygen atoms in total. The molecule has 1 N–H and O–H groups in total. The molecule has 3 rings (SSSR count). The highest BCUT2D eigenvalue weighted by atomic mass is 16.1. The number of nitrogens with zero attached hydrogens (tertiary/aromatic N) is 2. The van der Waals surface area contributed by atoms with Crippen LogP contribution >= 0.6 is 0 Å². The largest absolute Gasteiger partial charge is 0.310 e. The quantitative estimate of drug-likeness (QED) is 0.789. The number of fused-ring (bicyclic) bond motifs is 1. The molecule has 100 valence electrons. The van der Waals surface area contributed by atoms with Gasteiger partial charge in [-0.1, -0.05) is 43.3 Å². The molecule has 0 aliphatic rings. The Kier molecular flexibility index (Phi) is 3.21. The first-order valence-corrected chi connectivity index (χ1v) is 6.62. The number of benzene rings is 1. The number of nitrogens with one attached hydrogen (secondary N) is 1. The summed E-state index contributed by atoms with van der Waals surface area (Å²) in [4.78, 5) is 16.4. The van der Waals surface area contributed by atoms with Gasteiger partial charge in [0, 0.05) is 18.2 Å². The minimum Gasteiger partial charge on any atom is -0.310 e. The van der Waals surface area contributed by atoms with Crippen molar-refractivity contribution in [3.05, 3.63) is 54.7 Å². The zero-order valence-electron chi connectivity index (χ0n) is 11.2. The third-order valence-corrected chi connectivity index (χ3v) is 3.16. The molecule has 0 spiro atoms. The van der Waals surface area contributed by atoms with Crippen molar-refractivity contribution in [2.24, 2.45) is 0 Å². The summed E-state index contributed by atoms with van der Waals surface area (Å²) in [6.45, 7) is 1.83. The van der Waals surface area contributed by atoms with Crippen LogP contribution in [0.4, 0.5) is 5.82 Å². The van der Waals surface area contributed by atoms with Crippen LogP contribution in [0, 0.1) is 0 Å². The summed E-state index contributed by atoms with van der Waals surface area (Å²) in [6.07, 6.45) is 2.34. The van der Waals surface area contributed by atoms with Gasteiger partial charge in [-0.15, -0.1) is 0 Å². The van der Waals surface area contributed by atoms with Crippen molar-refractivity contribution in [1.29, 1.82) is 0 Å². The molecular weight excluding hydrogens is 250 g/mol. The van der Waals surface area contributed by atoms with Crippen LogP contribution in [-0.2, 0) is 4.79 Å². The number of rotatable bonds is 3. The van der Waals surface area contributed by atoms with Crippen LogP contribution in [0.2, 0.25) is 0 Å².